The van der Waals surface area contributed by atoms with Crippen molar-refractivity contribution >= 4 is 35.4 Å². The quantitative estimate of drug-likeness (QED) is 0.702. The van der Waals surface area contributed by atoms with Gasteiger partial charge in [-0.15, -0.1) is 0 Å². The van der Waals surface area contributed by atoms with E-state index < -0.39 is 5.97 Å². The number of carbonyl (C=O) groups is 2. The first kappa shape index (κ1) is 19.3. The van der Waals surface area contributed by atoms with Crippen LogP contribution in [0.1, 0.15) is 31.1 Å². The second-order valence-corrected chi connectivity index (χ2v) is 6.44. The molecule has 0 aliphatic rings. The van der Waals surface area contributed by atoms with Crippen LogP contribution in [0.5, 0.6) is 0 Å². The molecule has 8 heteroatoms. The van der Waals surface area contributed by atoms with Gasteiger partial charge in [0.05, 0.1) is 23.4 Å². The van der Waals surface area contributed by atoms with Gasteiger partial charge in [-0.3, -0.25) is 0 Å². The summed E-state index contributed by atoms with van der Waals surface area (Å²) in [5.74, 6) is -0.402. The molecular formula is C17H20ClN3O3S. The van der Waals surface area contributed by atoms with Crippen LogP contribution < -0.4 is 0 Å². The van der Waals surface area contributed by atoms with Crippen molar-refractivity contribution in [3.05, 3.63) is 41.0 Å². The van der Waals surface area contributed by atoms with Gasteiger partial charge in [-0.25, -0.2) is 9.59 Å². The number of hydrogen-bond acceptors (Lipinski definition) is 5. The van der Waals surface area contributed by atoms with Gasteiger partial charge in [0.1, 0.15) is 5.03 Å². The molecule has 0 saturated carbocycles. The number of aromatic nitrogens is 2. The minimum absolute atomic E-state index is 0.238. The highest BCUT2D eigenvalue weighted by molar-refractivity contribution is 7.99. The summed E-state index contributed by atoms with van der Waals surface area (Å²) >= 11 is 7.46. The highest BCUT2D eigenvalue weighted by atomic mass is 35.5. The van der Waals surface area contributed by atoms with Crippen molar-refractivity contribution in [1.82, 2.24) is 14.7 Å². The van der Waals surface area contributed by atoms with Gasteiger partial charge in [-0.2, -0.15) is 9.78 Å². The average molecular weight is 382 g/mol. The number of amides is 1. The van der Waals surface area contributed by atoms with E-state index in [1.54, 1.807) is 30.0 Å². The Hall–Kier alpha value is -1.99. The van der Waals surface area contributed by atoms with Gasteiger partial charge >= 0.3 is 12.0 Å². The molecule has 0 fully saturated rings. The number of hydrogen-bond donors (Lipinski definition) is 0. The minimum atomic E-state index is -0.402. The average Bonchev–Trinajstić information content (AvgIpc) is 2.97. The van der Waals surface area contributed by atoms with E-state index in [9.17, 15) is 9.59 Å². The van der Waals surface area contributed by atoms with E-state index in [-0.39, 0.29) is 6.03 Å². The molecule has 1 aromatic heterocycles. The zero-order valence-electron chi connectivity index (χ0n) is 14.4. The van der Waals surface area contributed by atoms with E-state index >= 15 is 0 Å². The Morgan fingerprint density at radius 2 is 1.92 bits per heavy atom. The zero-order valence-corrected chi connectivity index (χ0v) is 15.9. The van der Waals surface area contributed by atoms with Crippen molar-refractivity contribution < 1.29 is 14.3 Å². The fraction of sp³-hybridized carbons (Fsp3) is 0.353. The summed E-state index contributed by atoms with van der Waals surface area (Å²) in [6, 6.07) is 6.82. The lowest BCUT2D eigenvalue weighted by molar-refractivity contribution is 0.0522. The third-order valence-corrected chi connectivity index (χ3v) is 4.92. The molecular weight excluding hydrogens is 362 g/mol. The van der Waals surface area contributed by atoms with Crippen LogP contribution in [-0.2, 0) is 4.74 Å². The Bertz CT molecular complexity index is 759. The fourth-order valence-electron chi connectivity index (χ4n) is 2.18. The van der Waals surface area contributed by atoms with Crippen LogP contribution in [0.3, 0.4) is 0 Å². The van der Waals surface area contributed by atoms with Crippen LogP contribution in [0, 0.1) is 0 Å². The van der Waals surface area contributed by atoms with Gasteiger partial charge in [-0.1, -0.05) is 35.5 Å². The van der Waals surface area contributed by atoms with Crippen LogP contribution in [0.4, 0.5) is 4.79 Å². The molecule has 0 spiro atoms. The molecule has 1 heterocycles. The predicted octanol–water partition coefficient (Wildman–Crippen LogP) is 4.17. The van der Waals surface area contributed by atoms with Crippen molar-refractivity contribution in [2.45, 2.75) is 30.7 Å². The first-order chi connectivity index (χ1) is 12.0. The lowest BCUT2D eigenvalue weighted by Crippen LogP contribution is -2.34. The smallest absolute Gasteiger partial charge is 0.344 e. The predicted molar refractivity (Wildman–Crippen MR) is 97.5 cm³/mol. The van der Waals surface area contributed by atoms with Crippen molar-refractivity contribution in [2.75, 3.05) is 19.7 Å². The number of nitrogens with zero attached hydrogens (tertiary/aromatic N) is 3. The largest absolute Gasteiger partial charge is 0.462 e. The van der Waals surface area contributed by atoms with Crippen molar-refractivity contribution in [3.63, 3.8) is 0 Å². The molecule has 134 valence electrons. The van der Waals surface area contributed by atoms with Crippen LogP contribution in [0.15, 0.2) is 40.4 Å². The maximum Gasteiger partial charge on any atom is 0.344 e. The Labute approximate surface area is 156 Å². The Kier molecular flexibility index (Phi) is 6.90. The molecule has 2 aromatic rings. The molecule has 0 aliphatic carbocycles. The van der Waals surface area contributed by atoms with Crippen LogP contribution >= 0.6 is 23.4 Å². The third kappa shape index (κ3) is 4.55. The summed E-state index contributed by atoms with van der Waals surface area (Å²) < 4.78 is 6.30. The highest BCUT2D eigenvalue weighted by Crippen LogP contribution is 2.34. The number of ether oxygens (including phenoxy) is 1. The molecule has 0 saturated heterocycles. The lowest BCUT2D eigenvalue weighted by Gasteiger charge is -2.17. The van der Waals surface area contributed by atoms with E-state index in [4.69, 9.17) is 16.3 Å². The van der Waals surface area contributed by atoms with E-state index in [0.717, 1.165) is 0 Å². The van der Waals surface area contributed by atoms with Gasteiger partial charge in [0.25, 0.3) is 0 Å². The first-order valence-corrected chi connectivity index (χ1v) is 9.19. The molecule has 0 N–H and O–H groups in total. The standard InChI is InChI=1S/C17H20ClN3O3S/c1-4-20(5-2)17(23)21-11-13(18)15(19-21)25-14-10-8-7-9-12(14)16(22)24-6-3/h7-11H,4-6H2,1-3H3. The van der Waals surface area contributed by atoms with E-state index in [1.807, 2.05) is 19.9 Å². The van der Waals surface area contributed by atoms with Gasteiger partial charge < -0.3 is 9.64 Å². The SMILES string of the molecule is CCOC(=O)c1ccccc1Sc1nn(C(=O)N(CC)CC)cc1Cl. The molecule has 25 heavy (non-hydrogen) atoms. The third-order valence-electron chi connectivity index (χ3n) is 3.46. The molecule has 0 aliphatic heterocycles. The summed E-state index contributed by atoms with van der Waals surface area (Å²) in [5, 5.41) is 5.08. The fourth-order valence-corrected chi connectivity index (χ4v) is 3.32. The molecule has 1 amide bonds. The first-order valence-electron chi connectivity index (χ1n) is 8.00. The number of esters is 1. The van der Waals surface area contributed by atoms with E-state index in [1.165, 1.54) is 22.6 Å². The Balaban J connectivity index is 2.28. The van der Waals surface area contributed by atoms with Crippen LogP contribution in [0.2, 0.25) is 5.02 Å². The summed E-state index contributed by atoms with van der Waals surface area (Å²) in [4.78, 5) is 26.7. The Morgan fingerprint density at radius 3 is 2.56 bits per heavy atom. The maximum absolute atomic E-state index is 12.4. The summed E-state index contributed by atoms with van der Waals surface area (Å²) in [7, 11) is 0. The van der Waals surface area contributed by atoms with E-state index in [0.29, 0.717) is 40.2 Å². The molecule has 0 radical (unpaired) electrons. The number of rotatable bonds is 6. The van der Waals surface area contributed by atoms with Gasteiger partial charge in [0.2, 0.25) is 0 Å². The molecule has 0 unspecified atom stereocenters. The molecule has 2 rings (SSSR count). The zero-order chi connectivity index (χ0) is 18.4. The molecule has 0 atom stereocenters. The van der Waals surface area contributed by atoms with Gasteiger partial charge in [-0.05, 0) is 32.9 Å². The monoisotopic (exact) mass is 381 g/mol. The van der Waals surface area contributed by atoms with Gasteiger partial charge in [0.15, 0.2) is 0 Å². The molecule has 6 nitrogen and oxygen atoms in total. The summed E-state index contributed by atoms with van der Waals surface area (Å²) in [6.45, 7) is 7.02. The van der Waals surface area contributed by atoms with Crippen LogP contribution in [0.25, 0.3) is 0 Å². The van der Waals surface area contributed by atoms with Crippen molar-refractivity contribution in [3.8, 4) is 0 Å². The van der Waals surface area contributed by atoms with Crippen LogP contribution in [-0.4, -0.2) is 46.4 Å². The topological polar surface area (TPSA) is 64.4 Å². The second-order valence-electron chi connectivity index (χ2n) is 5.00. The molecule has 1 aromatic carbocycles. The highest BCUT2D eigenvalue weighted by Gasteiger charge is 2.19. The number of halogens is 1. The maximum atomic E-state index is 12.4. The Morgan fingerprint density at radius 1 is 1.24 bits per heavy atom. The van der Waals surface area contributed by atoms with E-state index in [2.05, 4.69) is 5.10 Å². The normalized spacial score (nSPS) is 10.6. The second kappa shape index (κ2) is 8.92. The number of benzene rings is 1. The lowest BCUT2D eigenvalue weighted by atomic mass is 10.2. The summed E-state index contributed by atoms with van der Waals surface area (Å²) in [6.07, 6.45) is 1.48. The van der Waals surface area contributed by atoms with Crippen molar-refractivity contribution in [2.24, 2.45) is 0 Å². The minimum Gasteiger partial charge on any atom is -0.462 e. The number of carbonyl (C=O) groups excluding carboxylic acids is 2. The van der Waals surface area contributed by atoms with Crippen molar-refractivity contribution in [1.29, 1.82) is 0 Å². The summed E-state index contributed by atoms with van der Waals surface area (Å²) in [5.41, 5.74) is 0.440. The van der Waals surface area contributed by atoms with Gasteiger partial charge in [0, 0.05) is 18.0 Å². The molecule has 0 bridgehead atoms.